The van der Waals surface area contributed by atoms with E-state index < -0.39 is 0 Å². The Kier molecular flexibility index (Phi) is 1.82. The van der Waals surface area contributed by atoms with E-state index in [1.165, 1.54) is 11.1 Å². The highest BCUT2D eigenvalue weighted by Gasteiger charge is 2.35. The topological polar surface area (TPSA) is 24.8 Å². The second-order valence-electron chi connectivity index (χ2n) is 5.25. The molecule has 0 N–H and O–H groups in total. The van der Waals surface area contributed by atoms with Gasteiger partial charge in [0, 0.05) is 18.2 Å². The first-order valence-electron chi connectivity index (χ1n) is 5.66. The van der Waals surface area contributed by atoms with Crippen molar-refractivity contribution in [1.29, 1.82) is 0 Å². The minimum atomic E-state index is -0.0915. The standard InChI is InChI=1S/C13H16N2O/c1-9-4-5-15-8-10-7-13(2,3)16-12(10)14-11(15)6-9/h4-6H,7-8H2,1-3H3. The van der Waals surface area contributed by atoms with E-state index in [-0.39, 0.29) is 5.60 Å². The minimum Gasteiger partial charge on any atom is -0.471 e. The summed E-state index contributed by atoms with van der Waals surface area (Å²) in [5.41, 5.74) is 2.45. The number of aliphatic imine (C=N–C) groups is 1. The fourth-order valence-corrected chi connectivity index (χ4v) is 2.34. The summed E-state index contributed by atoms with van der Waals surface area (Å²) < 4.78 is 5.85. The molecule has 0 saturated heterocycles. The zero-order valence-corrected chi connectivity index (χ0v) is 9.95. The van der Waals surface area contributed by atoms with Crippen LogP contribution in [0.4, 0.5) is 0 Å². The van der Waals surface area contributed by atoms with Gasteiger partial charge in [-0.3, -0.25) is 0 Å². The molecule has 0 fully saturated rings. The quantitative estimate of drug-likeness (QED) is 0.621. The first-order chi connectivity index (χ1) is 7.53. The molecule has 16 heavy (non-hydrogen) atoms. The summed E-state index contributed by atoms with van der Waals surface area (Å²) in [6.45, 7) is 7.22. The molecule has 0 aliphatic carbocycles. The van der Waals surface area contributed by atoms with Crippen LogP contribution in [-0.2, 0) is 4.74 Å². The summed E-state index contributed by atoms with van der Waals surface area (Å²) in [5, 5.41) is 0. The third kappa shape index (κ3) is 1.47. The van der Waals surface area contributed by atoms with Crippen LogP contribution in [0.1, 0.15) is 27.2 Å². The highest BCUT2D eigenvalue weighted by Crippen LogP contribution is 2.37. The van der Waals surface area contributed by atoms with Crippen LogP contribution >= 0.6 is 0 Å². The van der Waals surface area contributed by atoms with Gasteiger partial charge >= 0.3 is 0 Å². The maximum absolute atomic E-state index is 5.85. The molecular formula is C13H16N2O. The van der Waals surface area contributed by atoms with Gasteiger partial charge in [-0.15, -0.1) is 0 Å². The molecule has 3 heteroatoms. The first kappa shape index (κ1) is 9.70. The van der Waals surface area contributed by atoms with Crippen molar-refractivity contribution in [3.8, 4) is 0 Å². The fourth-order valence-electron chi connectivity index (χ4n) is 2.34. The largest absolute Gasteiger partial charge is 0.471 e. The van der Waals surface area contributed by atoms with E-state index in [0.717, 1.165) is 24.7 Å². The maximum atomic E-state index is 5.85. The Balaban J connectivity index is 1.96. The lowest BCUT2D eigenvalue weighted by molar-refractivity contribution is 0.0605. The van der Waals surface area contributed by atoms with Crippen LogP contribution in [0, 0.1) is 0 Å². The van der Waals surface area contributed by atoms with Gasteiger partial charge in [0.15, 0.2) is 0 Å². The Morgan fingerprint density at radius 1 is 1.44 bits per heavy atom. The van der Waals surface area contributed by atoms with E-state index in [4.69, 9.17) is 4.74 Å². The lowest BCUT2D eigenvalue weighted by atomic mass is 10.0. The Hall–Kier alpha value is -1.51. The molecule has 3 heterocycles. The number of hydrogen-bond donors (Lipinski definition) is 0. The van der Waals surface area contributed by atoms with Crippen molar-refractivity contribution >= 4 is 5.84 Å². The normalized spacial score (nSPS) is 25.8. The zero-order chi connectivity index (χ0) is 11.3. The van der Waals surface area contributed by atoms with Crippen LogP contribution in [-0.4, -0.2) is 22.9 Å². The Morgan fingerprint density at radius 2 is 2.25 bits per heavy atom. The predicted molar refractivity (Wildman–Crippen MR) is 63.8 cm³/mol. The van der Waals surface area contributed by atoms with Gasteiger partial charge in [0.05, 0.1) is 6.54 Å². The van der Waals surface area contributed by atoms with Crippen molar-refractivity contribution in [2.45, 2.75) is 32.8 Å². The van der Waals surface area contributed by atoms with Crippen LogP contribution in [0.2, 0.25) is 0 Å². The second-order valence-corrected chi connectivity index (χ2v) is 5.25. The number of ether oxygens (including phenoxy) is 1. The van der Waals surface area contributed by atoms with Crippen LogP contribution in [0.3, 0.4) is 0 Å². The van der Waals surface area contributed by atoms with E-state index in [1.54, 1.807) is 0 Å². The van der Waals surface area contributed by atoms with Crippen LogP contribution in [0.5, 0.6) is 0 Å². The zero-order valence-electron chi connectivity index (χ0n) is 9.95. The van der Waals surface area contributed by atoms with Gasteiger partial charge in [0.2, 0.25) is 5.88 Å². The van der Waals surface area contributed by atoms with Crippen molar-refractivity contribution in [2.24, 2.45) is 4.99 Å². The van der Waals surface area contributed by atoms with Crippen molar-refractivity contribution in [1.82, 2.24) is 4.90 Å². The highest BCUT2D eigenvalue weighted by atomic mass is 16.5. The Bertz CT molecular complexity index is 466. The van der Waals surface area contributed by atoms with E-state index in [2.05, 4.69) is 49.0 Å². The molecule has 0 saturated carbocycles. The van der Waals surface area contributed by atoms with E-state index in [1.807, 2.05) is 0 Å². The molecule has 0 radical (unpaired) electrons. The molecule has 0 atom stereocenters. The molecule has 0 aromatic carbocycles. The van der Waals surface area contributed by atoms with E-state index in [9.17, 15) is 0 Å². The van der Waals surface area contributed by atoms with E-state index in [0.29, 0.717) is 0 Å². The third-order valence-electron chi connectivity index (χ3n) is 3.06. The molecule has 0 spiro atoms. The third-order valence-corrected chi connectivity index (χ3v) is 3.06. The molecule has 3 aliphatic heterocycles. The summed E-state index contributed by atoms with van der Waals surface area (Å²) in [6.07, 6.45) is 7.29. The van der Waals surface area contributed by atoms with Crippen molar-refractivity contribution < 1.29 is 4.74 Å². The molecule has 0 aromatic rings. The number of allylic oxidation sites excluding steroid dienone is 2. The van der Waals surface area contributed by atoms with Gasteiger partial charge in [0.1, 0.15) is 11.4 Å². The van der Waals surface area contributed by atoms with Gasteiger partial charge in [-0.25, -0.2) is 0 Å². The van der Waals surface area contributed by atoms with Gasteiger partial charge in [-0.1, -0.05) is 0 Å². The van der Waals surface area contributed by atoms with Gasteiger partial charge < -0.3 is 9.64 Å². The summed E-state index contributed by atoms with van der Waals surface area (Å²) in [5.74, 6) is 1.84. The van der Waals surface area contributed by atoms with E-state index >= 15 is 0 Å². The van der Waals surface area contributed by atoms with Crippen molar-refractivity contribution in [3.05, 3.63) is 35.4 Å². The summed E-state index contributed by atoms with van der Waals surface area (Å²) >= 11 is 0. The average Bonchev–Trinajstić information content (AvgIpc) is 2.47. The van der Waals surface area contributed by atoms with Gasteiger partial charge in [-0.2, -0.15) is 4.99 Å². The number of nitrogens with zero attached hydrogens (tertiary/aromatic N) is 2. The number of hydrogen-bond acceptors (Lipinski definition) is 3. The number of amidine groups is 1. The van der Waals surface area contributed by atoms with Crippen molar-refractivity contribution in [2.75, 3.05) is 6.54 Å². The average molecular weight is 216 g/mol. The second kappa shape index (κ2) is 3.00. The summed E-state index contributed by atoms with van der Waals surface area (Å²) in [4.78, 5) is 6.76. The highest BCUT2D eigenvalue weighted by molar-refractivity contribution is 5.97. The summed E-state index contributed by atoms with van der Waals surface area (Å²) in [6, 6.07) is 0. The monoisotopic (exact) mass is 216 g/mol. The molecule has 84 valence electrons. The molecule has 3 aliphatic rings. The first-order valence-corrected chi connectivity index (χ1v) is 5.66. The lowest BCUT2D eigenvalue weighted by Crippen LogP contribution is -2.31. The predicted octanol–water partition coefficient (Wildman–Crippen LogP) is 2.58. The van der Waals surface area contributed by atoms with Crippen molar-refractivity contribution in [3.63, 3.8) is 0 Å². The Labute approximate surface area is 95.8 Å². The number of fused-ring (bicyclic) bond motifs is 1. The maximum Gasteiger partial charge on any atom is 0.216 e. The van der Waals surface area contributed by atoms with Crippen LogP contribution < -0.4 is 0 Å². The fraction of sp³-hybridized carbons (Fsp3) is 0.462. The molecule has 0 bridgehead atoms. The smallest absolute Gasteiger partial charge is 0.216 e. The van der Waals surface area contributed by atoms with Crippen LogP contribution in [0.25, 0.3) is 0 Å². The molecular weight excluding hydrogens is 200 g/mol. The molecule has 3 rings (SSSR count). The van der Waals surface area contributed by atoms with Gasteiger partial charge in [-0.05, 0) is 38.5 Å². The lowest BCUT2D eigenvalue weighted by Gasteiger charge is -2.26. The summed E-state index contributed by atoms with van der Waals surface area (Å²) in [7, 11) is 0. The molecule has 0 unspecified atom stereocenters. The van der Waals surface area contributed by atoms with Crippen LogP contribution in [0.15, 0.2) is 40.4 Å². The molecule has 0 amide bonds. The minimum absolute atomic E-state index is 0.0915. The molecule has 3 nitrogen and oxygen atoms in total. The number of rotatable bonds is 0. The SMILES string of the molecule is CC1=CC2=NC3=C(CN2C=C1)CC(C)(C)O3. The molecule has 0 aromatic heterocycles. The Morgan fingerprint density at radius 3 is 3.06 bits per heavy atom. The van der Waals surface area contributed by atoms with Gasteiger partial charge in [0.25, 0.3) is 0 Å².